The number of hydrogen-bond donors (Lipinski definition) is 2. The van der Waals surface area contributed by atoms with Crippen LogP contribution in [0.3, 0.4) is 0 Å². The quantitative estimate of drug-likeness (QED) is 0.324. The first kappa shape index (κ1) is 25.2. The van der Waals surface area contributed by atoms with Gasteiger partial charge in [0.2, 0.25) is 0 Å². The number of aliphatic imine (C=N–C) groups is 1. The molecule has 1 fully saturated rings. The highest BCUT2D eigenvalue weighted by Gasteiger charge is 2.24. The van der Waals surface area contributed by atoms with Crippen molar-refractivity contribution in [1.29, 1.82) is 0 Å². The highest BCUT2D eigenvalue weighted by molar-refractivity contribution is 14.0. The zero-order chi connectivity index (χ0) is 20.0. The van der Waals surface area contributed by atoms with Crippen molar-refractivity contribution >= 4 is 29.9 Å². The Labute approximate surface area is 189 Å². The van der Waals surface area contributed by atoms with Crippen LogP contribution >= 0.6 is 24.0 Å². The molecule has 0 aromatic carbocycles. The minimum absolute atomic E-state index is 0. The summed E-state index contributed by atoms with van der Waals surface area (Å²) in [5, 5.41) is 11.5. The summed E-state index contributed by atoms with van der Waals surface area (Å²) in [7, 11) is 2.01. The lowest BCUT2D eigenvalue weighted by Gasteiger charge is -2.25. The monoisotopic (exact) mass is 504 g/mol. The largest absolute Gasteiger partial charge is 0.357 e. The van der Waals surface area contributed by atoms with Crippen molar-refractivity contribution in [2.24, 2.45) is 18.0 Å². The van der Waals surface area contributed by atoms with Crippen molar-refractivity contribution in [3.63, 3.8) is 0 Å². The number of rotatable bonds is 8. The number of guanidine groups is 1. The van der Waals surface area contributed by atoms with E-state index in [4.69, 9.17) is 4.99 Å². The topological polar surface area (TPSA) is 57.5 Å². The van der Waals surface area contributed by atoms with Crippen LogP contribution in [0.15, 0.2) is 4.99 Å². The van der Waals surface area contributed by atoms with Crippen LogP contribution in [0.25, 0.3) is 0 Å². The van der Waals surface area contributed by atoms with E-state index in [1.165, 1.54) is 37.2 Å². The molecule has 162 valence electrons. The lowest BCUT2D eigenvalue weighted by Crippen LogP contribution is -2.44. The van der Waals surface area contributed by atoms with Gasteiger partial charge in [0.1, 0.15) is 0 Å². The maximum absolute atomic E-state index is 4.92. The zero-order valence-electron chi connectivity index (χ0n) is 18.9. The van der Waals surface area contributed by atoms with Gasteiger partial charge < -0.3 is 10.6 Å². The molecule has 1 unspecified atom stereocenters. The van der Waals surface area contributed by atoms with Gasteiger partial charge in [-0.1, -0.05) is 13.8 Å². The summed E-state index contributed by atoms with van der Waals surface area (Å²) in [5.74, 6) is 1.65. The highest BCUT2D eigenvalue weighted by atomic mass is 127. The van der Waals surface area contributed by atoms with Crippen molar-refractivity contribution in [3.05, 3.63) is 17.0 Å². The van der Waals surface area contributed by atoms with Crippen LogP contribution in [0.4, 0.5) is 0 Å². The Bertz CT molecular complexity index is 625. The average Bonchev–Trinajstić information content (AvgIpc) is 3.12. The third-order valence-corrected chi connectivity index (χ3v) is 5.46. The standard InChI is InChI=1S/C21H40N6.HI/c1-8-22-21(23-13-19-10-9-11-27(19)14-15(2)3)24-16(4)12-20-17(5)25-26(7)18(20)6;/h15-16,19H,8-14H2,1-7H3,(H2,22,23,24);1H/t16?,19-;/m1./s1. The second-order valence-corrected chi connectivity index (χ2v) is 8.43. The van der Waals surface area contributed by atoms with Gasteiger partial charge in [0, 0.05) is 37.9 Å². The van der Waals surface area contributed by atoms with Crippen molar-refractivity contribution < 1.29 is 0 Å². The number of likely N-dealkylation sites (tertiary alicyclic amines) is 1. The van der Waals surface area contributed by atoms with E-state index in [0.29, 0.717) is 18.0 Å². The van der Waals surface area contributed by atoms with Crippen LogP contribution in [0.1, 0.15) is 57.5 Å². The van der Waals surface area contributed by atoms with Crippen molar-refractivity contribution in [1.82, 2.24) is 25.3 Å². The van der Waals surface area contributed by atoms with E-state index in [9.17, 15) is 0 Å². The summed E-state index contributed by atoms with van der Waals surface area (Å²) in [6.07, 6.45) is 3.52. The minimum atomic E-state index is 0. The van der Waals surface area contributed by atoms with E-state index in [1.807, 2.05) is 11.7 Å². The van der Waals surface area contributed by atoms with E-state index in [0.717, 1.165) is 31.2 Å². The minimum Gasteiger partial charge on any atom is -0.357 e. The van der Waals surface area contributed by atoms with Crippen LogP contribution in [-0.4, -0.2) is 58.9 Å². The van der Waals surface area contributed by atoms with Crippen LogP contribution in [0.5, 0.6) is 0 Å². The average molecular weight is 505 g/mol. The molecule has 7 heteroatoms. The molecule has 0 amide bonds. The van der Waals surface area contributed by atoms with Crippen LogP contribution in [0.2, 0.25) is 0 Å². The maximum Gasteiger partial charge on any atom is 0.191 e. The molecule has 1 aliphatic rings. The van der Waals surface area contributed by atoms with Gasteiger partial charge in [0.25, 0.3) is 0 Å². The zero-order valence-corrected chi connectivity index (χ0v) is 21.2. The number of nitrogens with zero attached hydrogens (tertiary/aromatic N) is 4. The smallest absolute Gasteiger partial charge is 0.191 e. The van der Waals surface area contributed by atoms with Crippen LogP contribution < -0.4 is 10.6 Å². The van der Waals surface area contributed by atoms with Crippen molar-refractivity contribution in [3.8, 4) is 0 Å². The predicted octanol–water partition coefficient (Wildman–Crippen LogP) is 3.26. The molecule has 1 aromatic rings. The highest BCUT2D eigenvalue weighted by Crippen LogP contribution is 2.19. The molecule has 2 rings (SSSR count). The Morgan fingerprint density at radius 3 is 2.57 bits per heavy atom. The van der Waals surface area contributed by atoms with E-state index in [1.54, 1.807) is 0 Å². The normalized spacial score (nSPS) is 19.0. The predicted molar refractivity (Wildman–Crippen MR) is 130 cm³/mol. The lowest BCUT2D eigenvalue weighted by atomic mass is 10.1. The SMILES string of the molecule is CCNC(=NC[C@H]1CCCN1CC(C)C)NC(C)Cc1c(C)nn(C)c1C.I. The first-order valence-corrected chi connectivity index (χ1v) is 10.6. The molecular weight excluding hydrogens is 463 g/mol. The van der Waals surface area contributed by atoms with Gasteiger partial charge >= 0.3 is 0 Å². The fourth-order valence-corrected chi connectivity index (χ4v) is 4.03. The van der Waals surface area contributed by atoms with Gasteiger partial charge in [-0.2, -0.15) is 5.10 Å². The van der Waals surface area contributed by atoms with Gasteiger partial charge in [-0.25, -0.2) is 0 Å². The summed E-state index contributed by atoms with van der Waals surface area (Å²) in [6.45, 7) is 17.3. The number of hydrogen-bond acceptors (Lipinski definition) is 3. The Hall–Kier alpha value is -0.830. The summed E-state index contributed by atoms with van der Waals surface area (Å²) >= 11 is 0. The van der Waals surface area contributed by atoms with Gasteiger partial charge in [0.15, 0.2) is 5.96 Å². The molecule has 0 bridgehead atoms. The molecule has 2 heterocycles. The Morgan fingerprint density at radius 1 is 1.29 bits per heavy atom. The number of aryl methyl sites for hydroxylation is 2. The van der Waals surface area contributed by atoms with E-state index in [2.05, 4.69) is 62.2 Å². The molecule has 1 aliphatic heterocycles. The van der Waals surface area contributed by atoms with Gasteiger partial charge in [0.05, 0.1) is 12.2 Å². The third-order valence-electron chi connectivity index (χ3n) is 5.46. The van der Waals surface area contributed by atoms with Crippen LogP contribution in [0, 0.1) is 19.8 Å². The molecule has 0 radical (unpaired) electrons. The molecule has 6 nitrogen and oxygen atoms in total. The summed E-state index contributed by atoms with van der Waals surface area (Å²) in [6, 6.07) is 0.890. The molecule has 1 aromatic heterocycles. The Morgan fingerprint density at radius 2 is 2.00 bits per heavy atom. The summed E-state index contributed by atoms with van der Waals surface area (Å²) in [4.78, 5) is 7.53. The molecule has 28 heavy (non-hydrogen) atoms. The molecular formula is C21H41IN6. The van der Waals surface area contributed by atoms with Gasteiger partial charge in [-0.3, -0.25) is 14.6 Å². The second-order valence-electron chi connectivity index (χ2n) is 8.43. The molecule has 0 saturated carbocycles. The first-order valence-electron chi connectivity index (χ1n) is 10.6. The Balaban J connectivity index is 0.00000392. The fraction of sp³-hybridized carbons (Fsp3) is 0.810. The first-order chi connectivity index (χ1) is 12.8. The summed E-state index contributed by atoms with van der Waals surface area (Å²) < 4.78 is 1.97. The summed E-state index contributed by atoms with van der Waals surface area (Å²) in [5.41, 5.74) is 3.71. The lowest BCUT2D eigenvalue weighted by molar-refractivity contribution is 0.231. The van der Waals surface area contributed by atoms with Gasteiger partial charge in [-0.05, 0) is 65.0 Å². The van der Waals surface area contributed by atoms with E-state index in [-0.39, 0.29) is 24.0 Å². The molecule has 2 atom stereocenters. The second kappa shape index (κ2) is 12.0. The molecule has 1 saturated heterocycles. The molecule has 0 aliphatic carbocycles. The number of aromatic nitrogens is 2. The van der Waals surface area contributed by atoms with Crippen LogP contribution in [-0.2, 0) is 13.5 Å². The van der Waals surface area contributed by atoms with E-state index >= 15 is 0 Å². The van der Waals surface area contributed by atoms with Gasteiger partial charge in [-0.15, -0.1) is 24.0 Å². The number of halogens is 1. The maximum atomic E-state index is 4.92. The molecule has 0 spiro atoms. The fourth-order valence-electron chi connectivity index (χ4n) is 4.03. The van der Waals surface area contributed by atoms with E-state index < -0.39 is 0 Å². The van der Waals surface area contributed by atoms with Crippen molar-refractivity contribution in [2.45, 2.75) is 72.9 Å². The number of nitrogens with one attached hydrogen (secondary N) is 2. The Kier molecular flexibility index (Phi) is 10.8. The third kappa shape index (κ3) is 7.21. The molecule has 2 N–H and O–H groups in total. The van der Waals surface area contributed by atoms with Crippen molar-refractivity contribution in [2.75, 3.05) is 26.2 Å².